The van der Waals surface area contributed by atoms with E-state index in [-0.39, 0.29) is 5.82 Å². The smallest absolute Gasteiger partial charge is 0.123 e. The molecule has 0 aliphatic carbocycles. The molecule has 0 radical (unpaired) electrons. The van der Waals surface area contributed by atoms with Crippen LogP contribution in [-0.2, 0) is 6.54 Å². The summed E-state index contributed by atoms with van der Waals surface area (Å²) in [6.45, 7) is 2.34. The molecule has 1 atom stereocenters. The van der Waals surface area contributed by atoms with Gasteiger partial charge in [0.2, 0.25) is 0 Å². The van der Waals surface area contributed by atoms with Crippen LogP contribution in [0.5, 0.6) is 0 Å². The van der Waals surface area contributed by atoms with Crippen molar-refractivity contribution < 1.29 is 9.50 Å². The van der Waals surface area contributed by atoms with E-state index in [1.54, 1.807) is 13.0 Å². The molecule has 2 rings (SSSR count). The molecule has 0 bridgehead atoms. The summed E-state index contributed by atoms with van der Waals surface area (Å²) in [6, 6.07) is 14.3. The molecule has 0 fully saturated rings. The first-order chi connectivity index (χ1) is 9.08. The summed E-state index contributed by atoms with van der Waals surface area (Å²) in [5.74, 6) is -0.227. The van der Waals surface area contributed by atoms with Crippen LogP contribution in [0.15, 0.2) is 48.5 Å². The van der Waals surface area contributed by atoms with Crippen LogP contribution in [-0.4, -0.2) is 12.2 Å². The minimum atomic E-state index is -0.522. The Morgan fingerprint density at radius 3 is 2.58 bits per heavy atom. The van der Waals surface area contributed by atoms with E-state index in [0.29, 0.717) is 6.54 Å². The number of halogens is 1. The molecule has 0 spiro atoms. The van der Waals surface area contributed by atoms with Crippen LogP contribution >= 0.6 is 0 Å². The molecule has 0 amide bonds. The molecule has 2 nitrogen and oxygen atoms in total. The predicted molar refractivity (Wildman–Crippen MR) is 75.6 cm³/mol. The van der Waals surface area contributed by atoms with E-state index in [2.05, 4.69) is 0 Å². The quantitative estimate of drug-likeness (QED) is 0.908. The number of benzene rings is 2. The van der Waals surface area contributed by atoms with Crippen molar-refractivity contribution >= 4 is 5.69 Å². The molecule has 2 aromatic carbocycles. The Balaban J connectivity index is 2.23. The summed E-state index contributed by atoms with van der Waals surface area (Å²) in [5.41, 5.74) is 2.74. The second-order valence-corrected chi connectivity index (χ2v) is 4.72. The number of aliphatic hydroxyl groups excluding tert-OH is 1. The van der Waals surface area contributed by atoms with Gasteiger partial charge in [-0.25, -0.2) is 4.39 Å². The zero-order chi connectivity index (χ0) is 13.8. The first kappa shape index (κ1) is 13.6. The van der Waals surface area contributed by atoms with Gasteiger partial charge < -0.3 is 10.0 Å². The van der Waals surface area contributed by atoms with Gasteiger partial charge in [0.25, 0.3) is 0 Å². The molecule has 1 N–H and O–H groups in total. The molecule has 100 valence electrons. The fourth-order valence-electron chi connectivity index (χ4n) is 2.18. The summed E-state index contributed by atoms with van der Waals surface area (Å²) in [4.78, 5) is 2.01. The lowest BCUT2D eigenvalue weighted by Gasteiger charge is -2.23. The van der Waals surface area contributed by atoms with Crippen molar-refractivity contribution in [2.24, 2.45) is 0 Å². The number of rotatable bonds is 4. The van der Waals surface area contributed by atoms with Crippen LogP contribution in [0.1, 0.15) is 24.2 Å². The van der Waals surface area contributed by atoms with Gasteiger partial charge in [-0.05, 0) is 30.7 Å². The van der Waals surface area contributed by atoms with Crippen molar-refractivity contribution in [3.63, 3.8) is 0 Å². The SMILES string of the molecule is C[C@@H](O)c1ccccc1N(C)Cc1cccc(F)c1. The molecule has 0 saturated heterocycles. The van der Waals surface area contributed by atoms with Gasteiger partial charge >= 0.3 is 0 Å². The first-order valence-corrected chi connectivity index (χ1v) is 6.30. The zero-order valence-corrected chi connectivity index (χ0v) is 11.2. The third-order valence-corrected chi connectivity index (χ3v) is 3.11. The fraction of sp³-hybridized carbons (Fsp3) is 0.250. The maximum atomic E-state index is 13.2. The molecule has 3 heteroatoms. The van der Waals surface area contributed by atoms with E-state index < -0.39 is 6.10 Å². The summed E-state index contributed by atoms with van der Waals surface area (Å²) < 4.78 is 13.2. The van der Waals surface area contributed by atoms with Gasteiger partial charge in [0.05, 0.1) is 6.10 Å². The Kier molecular flexibility index (Phi) is 4.17. The Labute approximate surface area is 113 Å². The lowest BCUT2D eigenvalue weighted by molar-refractivity contribution is 0.199. The third kappa shape index (κ3) is 3.32. The standard InChI is InChI=1S/C16H18FNO/c1-12(19)15-8-3-4-9-16(15)18(2)11-13-6-5-7-14(17)10-13/h3-10,12,19H,11H2,1-2H3/t12-/m1/s1. The molecule has 0 aliphatic rings. The van der Waals surface area contributed by atoms with Gasteiger partial charge in [-0.15, -0.1) is 0 Å². The van der Waals surface area contributed by atoms with Crippen LogP contribution in [0.25, 0.3) is 0 Å². The highest BCUT2D eigenvalue weighted by atomic mass is 19.1. The van der Waals surface area contributed by atoms with Gasteiger partial charge in [-0.3, -0.25) is 0 Å². The Morgan fingerprint density at radius 2 is 1.89 bits per heavy atom. The number of para-hydroxylation sites is 1. The Hall–Kier alpha value is -1.87. The molecule has 0 heterocycles. The highest BCUT2D eigenvalue weighted by Crippen LogP contribution is 2.26. The van der Waals surface area contributed by atoms with Crippen molar-refractivity contribution in [2.75, 3.05) is 11.9 Å². The summed E-state index contributed by atoms with van der Waals surface area (Å²) >= 11 is 0. The van der Waals surface area contributed by atoms with Crippen molar-refractivity contribution in [1.29, 1.82) is 0 Å². The van der Waals surface area contributed by atoms with E-state index in [9.17, 15) is 9.50 Å². The normalized spacial score (nSPS) is 12.2. The molecule has 2 aromatic rings. The van der Waals surface area contributed by atoms with Crippen molar-refractivity contribution in [1.82, 2.24) is 0 Å². The van der Waals surface area contributed by atoms with Crippen LogP contribution in [0.3, 0.4) is 0 Å². The summed E-state index contributed by atoms with van der Waals surface area (Å²) in [6.07, 6.45) is -0.522. The van der Waals surface area contributed by atoms with Gasteiger partial charge in [0.15, 0.2) is 0 Å². The van der Waals surface area contributed by atoms with Gasteiger partial charge in [0, 0.05) is 24.8 Å². The average molecular weight is 259 g/mol. The zero-order valence-electron chi connectivity index (χ0n) is 11.2. The van der Waals surface area contributed by atoms with E-state index >= 15 is 0 Å². The number of nitrogens with zero attached hydrogens (tertiary/aromatic N) is 1. The van der Waals surface area contributed by atoms with Crippen molar-refractivity contribution in [3.8, 4) is 0 Å². The van der Waals surface area contributed by atoms with E-state index in [4.69, 9.17) is 0 Å². The topological polar surface area (TPSA) is 23.5 Å². The number of aliphatic hydroxyl groups is 1. The number of hydrogen-bond acceptors (Lipinski definition) is 2. The number of hydrogen-bond donors (Lipinski definition) is 1. The van der Waals surface area contributed by atoms with E-state index in [1.807, 2.05) is 42.3 Å². The maximum Gasteiger partial charge on any atom is 0.123 e. The molecule has 0 aliphatic heterocycles. The van der Waals surface area contributed by atoms with Crippen molar-refractivity contribution in [2.45, 2.75) is 19.6 Å². The molecule has 19 heavy (non-hydrogen) atoms. The van der Waals surface area contributed by atoms with Crippen LogP contribution in [0.2, 0.25) is 0 Å². The van der Waals surface area contributed by atoms with Gasteiger partial charge in [-0.1, -0.05) is 30.3 Å². The van der Waals surface area contributed by atoms with E-state index in [1.165, 1.54) is 12.1 Å². The lowest BCUT2D eigenvalue weighted by Crippen LogP contribution is -2.18. The third-order valence-electron chi connectivity index (χ3n) is 3.11. The Morgan fingerprint density at radius 1 is 1.16 bits per heavy atom. The molecular weight excluding hydrogens is 241 g/mol. The lowest BCUT2D eigenvalue weighted by atomic mass is 10.1. The average Bonchev–Trinajstić information content (AvgIpc) is 2.38. The van der Waals surface area contributed by atoms with Crippen LogP contribution in [0, 0.1) is 5.82 Å². The number of anilines is 1. The Bertz CT molecular complexity index is 554. The summed E-state index contributed by atoms with van der Waals surface area (Å²) in [5, 5.41) is 9.78. The first-order valence-electron chi connectivity index (χ1n) is 6.30. The van der Waals surface area contributed by atoms with Gasteiger partial charge in [0.1, 0.15) is 5.82 Å². The highest BCUT2D eigenvalue weighted by Gasteiger charge is 2.11. The molecular formula is C16H18FNO. The minimum Gasteiger partial charge on any atom is -0.389 e. The fourth-order valence-corrected chi connectivity index (χ4v) is 2.18. The molecule has 0 aromatic heterocycles. The van der Waals surface area contributed by atoms with E-state index in [0.717, 1.165) is 16.8 Å². The predicted octanol–water partition coefficient (Wildman–Crippen LogP) is 3.52. The monoisotopic (exact) mass is 259 g/mol. The molecule has 0 unspecified atom stereocenters. The second kappa shape index (κ2) is 5.85. The van der Waals surface area contributed by atoms with Gasteiger partial charge in [-0.2, -0.15) is 0 Å². The molecule has 0 saturated carbocycles. The largest absolute Gasteiger partial charge is 0.389 e. The minimum absolute atomic E-state index is 0.227. The van der Waals surface area contributed by atoms with Crippen molar-refractivity contribution in [3.05, 3.63) is 65.5 Å². The maximum absolute atomic E-state index is 13.2. The van der Waals surface area contributed by atoms with Crippen LogP contribution < -0.4 is 4.90 Å². The highest BCUT2D eigenvalue weighted by molar-refractivity contribution is 5.54. The van der Waals surface area contributed by atoms with Crippen LogP contribution in [0.4, 0.5) is 10.1 Å². The summed E-state index contributed by atoms with van der Waals surface area (Å²) in [7, 11) is 1.94. The second-order valence-electron chi connectivity index (χ2n) is 4.72.